The monoisotopic (exact) mass is 351 g/mol. The summed E-state index contributed by atoms with van der Waals surface area (Å²) in [7, 11) is -3.28. The summed E-state index contributed by atoms with van der Waals surface area (Å²) in [5, 5.41) is 0. The number of hydrogen-bond acceptors (Lipinski definition) is 4. The van der Waals surface area contributed by atoms with E-state index in [2.05, 4.69) is 25.6 Å². The van der Waals surface area contributed by atoms with Gasteiger partial charge < -0.3 is 11.5 Å². The molecule has 1 aliphatic rings. The van der Waals surface area contributed by atoms with Crippen molar-refractivity contribution >= 4 is 10.0 Å². The molecule has 0 aromatic heterocycles. The minimum Gasteiger partial charge on any atom is -0.401 e. The van der Waals surface area contributed by atoms with Gasteiger partial charge in [0.1, 0.15) is 0 Å². The number of nitrogens with zero attached hydrogens (tertiary/aromatic N) is 1. The number of hydrogen-bond donors (Lipinski definition) is 2. The Hall–Kier alpha value is -1.37. The van der Waals surface area contributed by atoms with Crippen LogP contribution in [0.15, 0.2) is 30.5 Å². The van der Waals surface area contributed by atoms with E-state index in [1.54, 1.807) is 0 Å². The first kappa shape index (κ1) is 19.0. The van der Waals surface area contributed by atoms with E-state index in [0.29, 0.717) is 38.0 Å². The number of aryl methyl sites for hydroxylation is 3. The Kier molecular flexibility index (Phi) is 5.73. The average molecular weight is 352 g/mol. The van der Waals surface area contributed by atoms with E-state index < -0.39 is 15.6 Å². The van der Waals surface area contributed by atoms with Crippen LogP contribution in [0, 0.1) is 6.92 Å². The summed E-state index contributed by atoms with van der Waals surface area (Å²) in [5.41, 5.74) is 15.2. The largest absolute Gasteiger partial charge is 0.401 e. The van der Waals surface area contributed by atoms with Gasteiger partial charge in [0.25, 0.3) is 0 Å². The lowest BCUT2D eigenvalue weighted by molar-refractivity contribution is 0.264. The van der Waals surface area contributed by atoms with Crippen molar-refractivity contribution in [3.05, 3.63) is 47.2 Å². The van der Waals surface area contributed by atoms with Gasteiger partial charge >= 0.3 is 0 Å². The molecule has 1 aliphatic heterocycles. The van der Waals surface area contributed by atoms with Crippen LogP contribution >= 0.6 is 0 Å². The highest BCUT2D eigenvalue weighted by Crippen LogP contribution is 2.25. The van der Waals surface area contributed by atoms with Gasteiger partial charge in [0.2, 0.25) is 10.0 Å². The Balaban J connectivity index is 1.99. The maximum absolute atomic E-state index is 12.6. The zero-order valence-corrected chi connectivity index (χ0v) is 15.5. The number of rotatable bonds is 6. The number of piperidine rings is 1. The summed E-state index contributed by atoms with van der Waals surface area (Å²) >= 11 is 0. The van der Waals surface area contributed by atoms with Crippen LogP contribution in [-0.4, -0.2) is 37.1 Å². The second kappa shape index (κ2) is 7.25. The lowest BCUT2D eigenvalue weighted by Crippen LogP contribution is -2.54. The third-order valence-electron chi connectivity index (χ3n) is 5.09. The van der Waals surface area contributed by atoms with Crippen molar-refractivity contribution in [1.82, 2.24) is 4.31 Å². The molecule has 6 heteroatoms. The molecule has 134 valence electrons. The lowest BCUT2D eigenvalue weighted by Gasteiger charge is -2.38. The Morgan fingerprint density at radius 3 is 2.46 bits per heavy atom. The van der Waals surface area contributed by atoms with Gasteiger partial charge in [-0.25, -0.2) is 12.7 Å². The van der Waals surface area contributed by atoms with Crippen molar-refractivity contribution in [2.24, 2.45) is 11.5 Å². The number of nitrogens with two attached hydrogens (primary N) is 2. The molecule has 1 fully saturated rings. The number of sulfonamides is 1. The summed E-state index contributed by atoms with van der Waals surface area (Å²) < 4.78 is 26.7. The quantitative estimate of drug-likeness (QED) is 0.816. The van der Waals surface area contributed by atoms with Crippen molar-refractivity contribution in [3.63, 3.8) is 0 Å². The van der Waals surface area contributed by atoms with Gasteiger partial charge in [0.05, 0.1) is 11.3 Å². The van der Waals surface area contributed by atoms with E-state index in [4.69, 9.17) is 11.5 Å². The van der Waals surface area contributed by atoms with Crippen LogP contribution in [0.5, 0.6) is 0 Å². The molecular formula is C18H29N3O2S. The molecule has 1 saturated heterocycles. The van der Waals surface area contributed by atoms with Crippen molar-refractivity contribution in [3.8, 4) is 0 Å². The van der Waals surface area contributed by atoms with Gasteiger partial charge in [-0.2, -0.15) is 0 Å². The predicted molar refractivity (Wildman–Crippen MR) is 99.1 cm³/mol. The molecule has 5 nitrogen and oxygen atoms in total. The van der Waals surface area contributed by atoms with Gasteiger partial charge in [-0.1, -0.05) is 31.7 Å². The first-order valence-electron chi connectivity index (χ1n) is 8.48. The molecule has 0 bridgehead atoms. The van der Waals surface area contributed by atoms with Crippen LogP contribution in [0.25, 0.3) is 0 Å². The Bertz CT molecular complexity index is 705. The van der Waals surface area contributed by atoms with Crippen molar-refractivity contribution in [1.29, 1.82) is 0 Å². The summed E-state index contributed by atoms with van der Waals surface area (Å²) in [6, 6.07) is 6.26. The van der Waals surface area contributed by atoms with E-state index >= 15 is 0 Å². The molecule has 0 saturated carbocycles. The van der Waals surface area contributed by atoms with Crippen LogP contribution in [0.1, 0.15) is 36.5 Å². The first-order valence-corrected chi connectivity index (χ1v) is 10.1. The Labute approximate surface area is 145 Å². The van der Waals surface area contributed by atoms with E-state index in [0.717, 1.165) is 17.5 Å². The van der Waals surface area contributed by atoms with Crippen LogP contribution in [-0.2, 0) is 22.9 Å². The van der Waals surface area contributed by atoms with Gasteiger partial charge in [0, 0.05) is 18.8 Å². The molecule has 2 rings (SSSR count). The fourth-order valence-corrected chi connectivity index (χ4v) is 4.59. The minimum atomic E-state index is -3.28. The van der Waals surface area contributed by atoms with Crippen LogP contribution < -0.4 is 11.5 Å². The molecule has 0 atom stereocenters. The van der Waals surface area contributed by atoms with E-state index in [9.17, 15) is 8.42 Å². The number of benzene rings is 1. The fourth-order valence-electron chi connectivity index (χ4n) is 3.11. The topological polar surface area (TPSA) is 89.4 Å². The molecule has 1 heterocycles. The maximum Gasteiger partial charge on any atom is 0.214 e. The Morgan fingerprint density at radius 2 is 1.96 bits per heavy atom. The second-order valence-electron chi connectivity index (χ2n) is 6.76. The maximum atomic E-state index is 12.6. The van der Waals surface area contributed by atoms with Crippen molar-refractivity contribution < 1.29 is 8.42 Å². The Morgan fingerprint density at radius 1 is 1.33 bits per heavy atom. The molecule has 24 heavy (non-hydrogen) atoms. The van der Waals surface area contributed by atoms with Crippen molar-refractivity contribution in [2.75, 3.05) is 18.8 Å². The molecule has 0 aliphatic carbocycles. The van der Waals surface area contributed by atoms with Crippen molar-refractivity contribution in [2.45, 2.75) is 45.1 Å². The third kappa shape index (κ3) is 4.18. The molecular weight excluding hydrogens is 322 g/mol. The van der Waals surface area contributed by atoms with Gasteiger partial charge in [0.15, 0.2) is 0 Å². The second-order valence-corrected chi connectivity index (χ2v) is 8.85. The van der Waals surface area contributed by atoms with E-state index in [1.807, 2.05) is 13.0 Å². The minimum absolute atomic E-state index is 0.125. The highest BCUT2D eigenvalue weighted by atomic mass is 32.2. The predicted octanol–water partition coefficient (Wildman–Crippen LogP) is 1.70. The van der Waals surface area contributed by atoms with Gasteiger partial charge in [-0.15, -0.1) is 0 Å². The zero-order valence-electron chi connectivity index (χ0n) is 14.7. The van der Waals surface area contributed by atoms with Crippen LogP contribution in [0.2, 0.25) is 0 Å². The van der Waals surface area contributed by atoms with Gasteiger partial charge in [-0.3, -0.25) is 0 Å². The molecule has 0 spiro atoms. The molecule has 0 amide bonds. The molecule has 0 radical (unpaired) electrons. The third-order valence-corrected chi connectivity index (χ3v) is 6.96. The summed E-state index contributed by atoms with van der Waals surface area (Å²) in [4.78, 5) is 0. The fraction of sp³-hybridized carbons (Fsp3) is 0.556. The average Bonchev–Trinajstić information content (AvgIpc) is 2.54. The normalized spacial score (nSPS) is 18.5. The molecule has 0 unspecified atom stereocenters. The summed E-state index contributed by atoms with van der Waals surface area (Å²) in [5.74, 6) is 0.125. The van der Waals surface area contributed by atoms with Gasteiger partial charge in [-0.05, 0) is 49.3 Å². The van der Waals surface area contributed by atoms with Crippen LogP contribution in [0.4, 0.5) is 0 Å². The molecule has 4 N–H and O–H groups in total. The first-order chi connectivity index (χ1) is 11.2. The highest BCUT2D eigenvalue weighted by Gasteiger charge is 2.36. The van der Waals surface area contributed by atoms with E-state index in [1.165, 1.54) is 9.87 Å². The highest BCUT2D eigenvalue weighted by molar-refractivity contribution is 7.89. The SMILES string of the molecule is C=C(N)C1(N)CCN(S(=O)(=O)CCc2ccc(CC)cc2C)CC1. The van der Waals surface area contributed by atoms with E-state index in [-0.39, 0.29) is 5.75 Å². The summed E-state index contributed by atoms with van der Waals surface area (Å²) in [6.45, 7) is 8.69. The summed E-state index contributed by atoms with van der Waals surface area (Å²) in [6.07, 6.45) is 2.56. The van der Waals surface area contributed by atoms with Crippen LogP contribution in [0.3, 0.4) is 0 Å². The standard InChI is InChI=1S/C18H29N3O2S/c1-4-16-5-6-17(14(2)13-16)7-12-24(22,23)21-10-8-18(20,9-11-21)15(3)19/h5-6,13H,3-4,7-12,19-20H2,1-2H3. The lowest BCUT2D eigenvalue weighted by atomic mass is 9.87. The smallest absolute Gasteiger partial charge is 0.214 e. The zero-order chi connectivity index (χ0) is 18.0. The molecule has 1 aromatic rings. The molecule has 1 aromatic carbocycles.